The Balaban J connectivity index is 0.000000423. The smallest absolute Gasteiger partial charge is 0.336 e. The van der Waals surface area contributed by atoms with E-state index in [1.54, 1.807) is 55.0 Å². The molecule has 72 heavy (non-hydrogen) atoms. The number of carbonyl (C=O) groups excluding carboxylic acids is 3. The van der Waals surface area contributed by atoms with Crippen molar-refractivity contribution >= 4 is 100 Å². The Morgan fingerprint density at radius 1 is 0.319 bits per heavy atom. The molecule has 25 heteroatoms. The fraction of sp³-hybridized carbons (Fsp3) is 0. The first-order valence-corrected chi connectivity index (χ1v) is 20.5. The Morgan fingerprint density at radius 3 is 0.597 bits per heavy atom. The number of hydrogen-bond donors (Lipinski definition) is 8. The van der Waals surface area contributed by atoms with Crippen LogP contribution < -0.4 is 47.5 Å². The van der Waals surface area contributed by atoms with E-state index in [1.807, 2.05) is 0 Å². The van der Waals surface area contributed by atoms with Crippen LogP contribution in [0.25, 0.3) is 0 Å². The Hall–Kier alpha value is -9.64. The van der Waals surface area contributed by atoms with E-state index in [1.165, 1.54) is 97.1 Å². The number of benzene rings is 4. The van der Waals surface area contributed by atoms with Crippen LogP contribution in [0.5, 0.6) is 0 Å². The van der Waals surface area contributed by atoms with Crippen molar-refractivity contribution in [1.82, 2.24) is 0 Å². The van der Waals surface area contributed by atoms with Crippen molar-refractivity contribution in [3.63, 3.8) is 0 Å². The van der Waals surface area contributed by atoms with E-state index in [4.69, 9.17) is 77.5 Å². The van der Waals surface area contributed by atoms with Gasteiger partial charge in [-0.05, 0) is 48.5 Å². The van der Waals surface area contributed by atoms with Crippen molar-refractivity contribution in [2.45, 2.75) is 0 Å². The maximum Gasteiger partial charge on any atom is 0.336 e. The molecule has 0 aliphatic rings. The van der Waals surface area contributed by atoms with Gasteiger partial charge in [-0.2, -0.15) is 0 Å². The van der Waals surface area contributed by atoms with E-state index < -0.39 is 47.8 Å². The van der Waals surface area contributed by atoms with Crippen LogP contribution in [0, 0.1) is 0 Å². The molecule has 0 saturated heterocycles. The topological polar surface area (TPSA) is 427 Å². The SMILES string of the molecule is Nc1ccc(Cl)c[nH+]1.Nc1ccc(Cl)c[nH+]1.Nc1ccc(Cl)c[nH+]1.O=C(O)c1ccccc1C(=O)O.O=C([O-])c1ccccc1C(=O)O.O=C([O-])c1ccccc1C(=O)O.O=C([O-])c1ccccc1C(=O)O. The number of aromatic carboxylic acids is 8. The number of carboxylic acids is 8. The van der Waals surface area contributed by atoms with Gasteiger partial charge >= 0.3 is 29.8 Å². The molecule has 7 aromatic rings. The summed E-state index contributed by atoms with van der Waals surface area (Å²) in [5.74, 6) is -8.84. The lowest BCUT2D eigenvalue weighted by molar-refractivity contribution is -0.360. The second-order valence-electron chi connectivity index (χ2n) is 13.0. The molecular formula is C47H39Cl3N6O16. The largest absolute Gasteiger partial charge is 0.545 e. The summed E-state index contributed by atoms with van der Waals surface area (Å²) in [5, 5.41) is 75.7. The second-order valence-corrected chi connectivity index (χ2v) is 14.3. The van der Waals surface area contributed by atoms with Gasteiger partial charge in [-0.3, -0.25) is 17.2 Å². The lowest BCUT2D eigenvalue weighted by atomic mass is 10.1. The minimum Gasteiger partial charge on any atom is -0.545 e. The predicted octanol–water partition coefficient (Wildman–Crippen LogP) is 2.54. The number of anilines is 3. The molecule has 0 aliphatic heterocycles. The standard InChI is InChI=1S/4C8H6O4.3C5H5ClN2/c4*9-7(10)5-3-1-2-4-6(5)8(11)12;3*6-4-1-2-5(7)8-3-4/h4*1-4H,(H,9,10)(H,11,12);3*1-3H,(H2,7,8). The molecule has 0 bridgehead atoms. The highest BCUT2D eigenvalue weighted by atomic mass is 35.5. The van der Waals surface area contributed by atoms with Crippen LogP contribution >= 0.6 is 34.8 Å². The maximum absolute atomic E-state index is 10.5. The predicted molar refractivity (Wildman–Crippen MR) is 251 cm³/mol. The maximum atomic E-state index is 10.5. The van der Waals surface area contributed by atoms with E-state index >= 15 is 0 Å². The molecular weight excluding hydrogens is 1010 g/mol. The number of carbonyl (C=O) groups is 8. The fourth-order valence-corrected chi connectivity index (χ4v) is 5.01. The molecule has 22 nitrogen and oxygen atoms in total. The third-order valence-corrected chi connectivity index (χ3v) is 8.62. The zero-order valence-corrected chi connectivity index (χ0v) is 38.8. The quantitative estimate of drug-likeness (QED) is 0.108. The molecule has 0 unspecified atom stereocenters. The normalized spacial score (nSPS) is 9.26. The van der Waals surface area contributed by atoms with Gasteiger partial charge in [0.1, 0.15) is 18.6 Å². The molecule has 3 heterocycles. The number of H-pyrrole nitrogens is 3. The van der Waals surface area contributed by atoms with E-state index in [0.717, 1.165) is 0 Å². The molecule has 0 fully saturated rings. The van der Waals surface area contributed by atoms with Gasteiger partial charge in [-0.25, -0.2) is 38.9 Å². The third kappa shape index (κ3) is 22.9. The number of nitrogens with one attached hydrogen (secondary N) is 3. The summed E-state index contributed by atoms with van der Waals surface area (Å²) < 4.78 is 0. The Bertz CT molecular complexity index is 2400. The average molecular weight is 1050 g/mol. The lowest BCUT2D eigenvalue weighted by Crippen LogP contribution is -2.24. The zero-order valence-electron chi connectivity index (χ0n) is 36.5. The van der Waals surface area contributed by atoms with Crippen molar-refractivity contribution in [2.24, 2.45) is 0 Å². The molecule has 0 atom stereocenters. The van der Waals surface area contributed by atoms with Crippen LogP contribution in [0.1, 0.15) is 82.9 Å². The highest BCUT2D eigenvalue weighted by Crippen LogP contribution is 2.11. The van der Waals surface area contributed by atoms with Gasteiger partial charge in [0.25, 0.3) is 17.5 Å². The summed E-state index contributed by atoms with van der Waals surface area (Å²) >= 11 is 16.6. The van der Waals surface area contributed by atoms with Gasteiger partial charge in [0.2, 0.25) is 0 Å². The highest BCUT2D eigenvalue weighted by Gasteiger charge is 2.14. The van der Waals surface area contributed by atoms with Crippen LogP contribution in [0.4, 0.5) is 17.5 Å². The van der Waals surface area contributed by atoms with Crippen molar-refractivity contribution < 1.29 is 94.2 Å². The van der Waals surface area contributed by atoms with E-state index in [2.05, 4.69) is 15.0 Å². The number of nitrogens with two attached hydrogens (primary N) is 3. The molecule has 14 N–H and O–H groups in total. The van der Waals surface area contributed by atoms with Crippen LogP contribution in [-0.2, 0) is 0 Å². The van der Waals surface area contributed by atoms with Crippen LogP contribution in [0.3, 0.4) is 0 Å². The van der Waals surface area contributed by atoms with Crippen molar-refractivity contribution in [1.29, 1.82) is 0 Å². The highest BCUT2D eigenvalue weighted by molar-refractivity contribution is 6.30. The van der Waals surface area contributed by atoms with E-state index in [0.29, 0.717) is 32.5 Å². The number of pyridine rings is 3. The number of nitrogen functional groups attached to an aromatic ring is 3. The number of aromatic amines is 3. The molecule has 374 valence electrons. The number of halogens is 3. The molecule has 0 saturated carbocycles. The van der Waals surface area contributed by atoms with Crippen molar-refractivity contribution in [3.05, 3.63) is 212 Å². The van der Waals surface area contributed by atoms with Crippen molar-refractivity contribution in [2.75, 3.05) is 17.2 Å². The van der Waals surface area contributed by atoms with Gasteiger partial charge in [0.15, 0.2) is 0 Å². The zero-order chi connectivity index (χ0) is 54.5. The van der Waals surface area contributed by atoms with Gasteiger partial charge < -0.3 is 55.2 Å². The molecule has 7 rings (SSSR count). The first-order valence-electron chi connectivity index (χ1n) is 19.3. The van der Waals surface area contributed by atoms with Crippen LogP contribution in [-0.4, -0.2) is 73.3 Å². The molecule has 0 spiro atoms. The van der Waals surface area contributed by atoms with Gasteiger partial charge in [-0.1, -0.05) is 102 Å². The third-order valence-electron chi connectivity index (χ3n) is 7.92. The van der Waals surface area contributed by atoms with Gasteiger partial charge in [-0.15, -0.1) is 0 Å². The molecule has 3 aromatic heterocycles. The Kier molecular flexibility index (Phi) is 26.3. The first kappa shape index (κ1) is 60.4. The minimum atomic E-state index is -1.48. The average Bonchev–Trinajstić information content (AvgIpc) is 3.35. The summed E-state index contributed by atoms with van der Waals surface area (Å²) in [7, 11) is 0. The summed E-state index contributed by atoms with van der Waals surface area (Å²) in [6.45, 7) is 0. The molecule has 0 aliphatic carbocycles. The summed E-state index contributed by atoms with van der Waals surface area (Å²) in [6, 6.07) is 31.7. The number of carboxylic acid groups (broad SMARTS) is 8. The number of hydrogen-bond acceptors (Lipinski definition) is 14. The van der Waals surface area contributed by atoms with Gasteiger partial charge in [0.05, 0.1) is 60.8 Å². The molecule has 4 aromatic carbocycles. The molecule has 0 amide bonds. The summed E-state index contributed by atoms with van der Waals surface area (Å²) in [6.07, 6.45) is 4.91. The number of aromatic nitrogens is 3. The van der Waals surface area contributed by atoms with Crippen molar-refractivity contribution in [3.8, 4) is 0 Å². The molecule has 0 radical (unpaired) electrons. The van der Waals surface area contributed by atoms with Crippen LogP contribution in [0.2, 0.25) is 15.1 Å². The Labute approximate surface area is 421 Å². The fourth-order valence-electron chi connectivity index (χ4n) is 4.65. The van der Waals surface area contributed by atoms with E-state index in [-0.39, 0.29) is 44.5 Å². The summed E-state index contributed by atoms with van der Waals surface area (Å²) in [5.41, 5.74) is 13.9. The van der Waals surface area contributed by atoms with Gasteiger partial charge in [0, 0.05) is 34.9 Å². The monoisotopic (exact) mass is 1050 g/mol. The lowest BCUT2D eigenvalue weighted by Gasteiger charge is -2.04. The van der Waals surface area contributed by atoms with E-state index in [9.17, 15) is 53.7 Å². The van der Waals surface area contributed by atoms with Crippen LogP contribution in [0.15, 0.2) is 152 Å². The minimum absolute atomic E-state index is 0.190. The Morgan fingerprint density at radius 2 is 0.486 bits per heavy atom. The number of rotatable bonds is 8. The second kappa shape index (κ2) is 31.4. The summed E-state index contributed by atoms with van der Waals surface area (Å²) in [4.78, 5) is 91.5. The first-order chi connectivity index (χ1) is 33.9.